The van der Waals surface area contributed by atoms with Crippen LogP contribution in [0.2, 0.25) is 0 Å². The van der Waals surface area contributed by atoms with E-state index in [1.165, 1.54) is 6.07 Å². The summed E-state index contributed by atoms with van der Waals surface area (Å²) in [5.41, 5.74) is 3.03. The third-order valence-corrected chi connectivity index (χ3v) is 8.54. The Kier molecular flexibility index (Phi) is 11.2. The minimum Gasteiger partial charge on any atom is -0.490 e. The molecule has 6 heteroatoms. The summed E-state index contributed by atoms with van der Waals surface area (Å²) in [7, 11) is 0. The maximum Gasteiger partial charge on any atom is 0.307 e. The van der Waals surface area contributed by atoms with Gasteiger partial charge in [-0.15, -0.1) is 0 Å². The molecule has 2 fully saturated rings. The van der Waals surface area contributed by atoms with E-state index in [2.05, 4.69) is 26.1 Å². The second-order valence-corrected chi connectivity index (χ2v) is 12.1. The Bertz CT molecular complexity index is 1160. The number of carboxylic acids is 1. The Morgan fingerprint density at radius 3 is 2.45 bits per heavy atom. The number of nitrogens with one attached hydrogen (secondary N) is 1. The van der Waals surface area contributed by atoms with Crippen molar-refractivity contribution in [1.29, 1.82) is 0 Å². The van der Waals surface area contributed by atoms with Crippen LogP contribution >= 0.6 is 0 Å². The second-order valence-electron chi connectivity index (χ2n) is 12.1. The van der Waals surface area contributed by atoms with Crippen LogP contribution < -0.4 is 10.1 Å². The summed E-state index contributed by atoms with van der Waals surface area (Å²) in [5, 5.41) is 12.6. The van der Waals surface area contributed by atoms with Crippen LogP contribution in [0.25, 0.3) is 11.1 Å². The number of benzene rings is 2. The molecule has 2 saturated carbocycles. The van der Waals surface area contributed by atoms with Gasteiger partial charge in [-0.05, 0) is 78.3 Å². The maximum absolute atomic E-state index is 15.0. The van der Waals surface area contributed by atoms with Gasteiger partial charge in [-0.3, -0.25) is 9.59 Å². The molecule has 220 valence electrons. The molecule has 2 N–H and O–H groups in total. The van der Waals surface area contributed by atoms with Crippen molar-refractivity contribution < 1.29 is 23.8 Å². The minimum atomic E-state index is -0.908. The first kappa shape index (κ1) is 31.6. The van der Waals surface area contributed by atoms with E-state index in [1.807, 2.05) is 39.0 Å². The number of amides is 1. The molecule has 2 aliphatic carbocycles. The van der Waals surface area contributed by atoms with Crippen LogP contribution in [-0.4, -0.2) is 29.1 Å². The summed E-state index contributed by atoms with van der Waals surface area (Å²) in [4.78, 5) is 24.3. The summed E-state index contributed by atoms with van der Waals surface area (Å²) in [5.74, 6) is -0.259. The highest BCUT2D eigenvalue weighted by molar-refractivity contribution is 5.79. The molecule has 4 rings (SSSR count). The normalized spacial score (nSPS) is 19.7. The summed E-state index contributed by atoms with van der Waals surface area (Å²) < 4.78 is 21.5. The molecule has 5 nitrogen and oxygen atoms in total. The SMILES string of the molecule is CC.CCC(C)(C)C[C@H](C)C(=O)N[C@@H]1CC[C@@H](Oc2ccc(CC(=O)O)cc2-c2cccc(F)c2C2CCC2)C1. The number of carbonyl (C=O) groups is 2. The molecule has 0 aromatic heterocycles. The molecule has 3 atom stereocenters. The number of hydrogen-bond acceptors (Lipinski definition) is 3. The van der Waals surface area contributed by atoms with Crippen LogP contribution in [0.15, 0.2) is 36.4 Å². The van der Waals surface area contributed by atoms with Crippen molar-refractivity contribution >= 4 is 11.9 Å². The Morgan fingerprint density at radius 1 is 1.10 bits per heavy atom. The topological polar surface area (TPSA) is 75.6 Å². The lowest BCUT2D eigenvalue weighted by Crippen LogP contribution is -2.38. The fourth-order valence-electron chi connectivity index (χ4n) is 5.83. The standard InChI is InChI=1S/C32H42FNO4.C2H6/c1-5-32(3,4)19-20(2)31(37)34-23-13-14-24(18-23)38-28-15-12-21(17-29(35)36)16-26(28)25-10-7-11-27(33)30(25)22-8-6-9-22;1-2/h7,10-12,15-16,20,22-24H,5-6,8-9,13-14,17-19H2,1-4H3,(H,34,37)(H,35,36);1-2H3/t20-,23+,24+;/m0./s1. The van der Waals surface area contributed by atoms with Crippen LogP contribution in [0.1, 0.15) is 110 Å². The van der Waals surface area contributed by atoms with Gasteiger partial charge in [0.2, 0.25) is 5.91 Å². The summed E-state index contributed by atoms with van der Waals surface area (Å²) in [6, 6.07) is 10.6. The summed E-state index contributed by atoms with van der Waals surface area (Å²) in [6.07, 6.45) is 7.08. The van der Waals surface area contributed by atoms with Crippen molar-refractivity contribution in [2.75, 3.05) is 0 Å². The smallest absolute Gasteiger partial charge is 0.307 e. The zero-order valence-electron chi connectivity index (χ0n) is 25.2. The van der Waals surface area contributed by atoms with E-state index < -0.39 is 5.97 Å². The van der Waals surface area contributed by atoms with Crippen molar-refractivity contribution in [3.63, 3.8) is 0 Å². The predicted molar refractivity (Wildman–Crippen MR) is 159 cm³/mol. The lowest BCUT2D eigenvalue weighted by atomic mass is 9.76. The van der Waals surface area contributed by atoms with Gasteiger partial charge < -0.3 is 15.2 Å². The molecule has 0 aliphatic heterocycles. The number of carbonyl (C=O) groups excluding carboxylic acids is 1. The molecule has 2 aliphatic rings. The van der Waals surface area contributed by atoms with Crippen LogP contribution in [0.5, 0.6) is 5.75 Å². The molecular formula is C34H48FNO4. The molecule has 0 heterocycles. The molecule has 0 unspecified atom stereocenters. The first-order valence-electron chi connectivity index (χ1n) is 15.2. The van der Waals surface area contributed by atoms with Gasteiger partial charge in [0.05, 0.1) is 6.42 Å². The molecule has 1 amide bonds. The van der Waals surface area contributed by atoms with Crippen molar-refractivity contribution in [2.24, 2.45) is 11.3 Å². The number of rotatable bonds is 11. The molecule has 0 spiro atoms. The quantitative estimate of drug-likeness (QED) is 0.293. The number of carboxylic acid groups (broad SMARTS) is 1. The van der Waals surface area contributed by atoms with Crippen molar-refractivity contribution in [2.45, 2.75) is 117 Å². The maximum atomic E-state index is 15.0. The first-order chi connectivity index (χ1) is 19.1. The van der Waals surface area contributed by atoms with Crippen LogP contribution in [0.4, 0.5) is 4.39 Å². The van der Waals surface area contributed by atoms with E-state index in [9.17, 15) is 14.7 Å². The van der Waals surface area contributed by atoms with Crippen molar-refractivity contribution in [3.8, 4) is 16.9 Å². The molecule has 0 saturated heterocycles. The number of hydrogen-bond donors (Lipinski definition) is 2. The lowest BCUT2D eigenvalue weighted by Gasteiger charge is -2.29. The van der Waals surface area contributed by atoms with Gasteiger partial charge in [0.25, 0.3) is 0 Å². The van der Waals surface area contributed by atoms with Gasteiger partial charge in [-0.1, -0.05) is 72.6 Å². The summed E-state index contributed by atoms with van der Waals surface area (Å²) in [6.45, 7) is 12.6. The zero-order valence-corrected chi connectivity index (χ0v) is 25.2. The predicted octanol–water partition coefficient (Wildman–Crippen LogP) is 8.29. The fourth-order valence-corrected chi connectivity index (χ4v) is 5.83. The Labute approximate surface area is 239 Å². The van der Waals surface area contributed by atoms with Gasteiger partial charge >= 0.3 is 5.97 Å². The Hall–Kier alpha value is -2.89. The molecule has 0 radical (unpaired) electrons. The molecule has 40 heavy (non-hydrogen) atoms. The molecule has 2 aromatic rings. The van der Waals surface area contributed by atoms with Crippen molar-refractivity contribution in [3.05, 3.63) is 53.3 Å². The van der Waals surface area contributed by atoms with Crippen LogP contribution in [-0.2, 0) is 16.0 Å². The van der Waals surface area contributed by atoms with Gasteiger partial charge in [-0.2, -0.15) is 0 Å². The molecular weight excluding hydrogens is 505 g/mol. The minimum absolute atomic E-state index is 0.0452. The van der Waals surface area contributed by atoms with E-state index in [0.717, 1.165) is 56.1 Å². The van der Waals surface area contributed by atoms with Gasteiger partial charge in [0.15, 0.2) is 0 Å². The van der Waals surface area contributed by atoms with Gasteiger partial charge in [-0.25, -0.2) is 4.39 Å². The molecule has 2 aromatic carbocycles. The van der Waals surface area contributed by atoms with E-state index in [4.69, 9.17) is 4.74 Å². The van der Waals surface area contributed by atoms with E-state index >= 15 is 4.39 Å². The van der Waals surface area contributed by atoms with Crippen LogP contribution in [0.3, 0.4) is 0 Å². The average molecular weight is 554 g/mol. The third kappa shape index (κ3) is 8.08. The lowest BCUT2D eigenvalue weighted by molar-refractivity contribution is -0.136. The van der Waals surface area contributed by atoms with Crippen LogP contribution in [0, 0.1) is 17.2 Å². The largest absolute Gasteiger partial charge is 0.490 e. The average Bonchev–Trinajstić information content (AvgIpc) is 3.32. The number of aliphatic carboxylic acids is 1. The van der Waals surface area contributed by atoms with E-state index in [0.29, 0.717) is 23.3 Å². The Morgan fingerprint density at radius 2 is 1.82 bits per heavy atom. The summed E-state index contributed by atoms with van der Waals surface area (Å²) >= 11 is 0. The zero-order chi connectivity index (χ0) is 29.4. The van der Waals surface area contributed by atoms with E-state index in [1.54, 1.807) is 12.1 Å². The monoisotopic (exact) mass is 553 g/mol. The number of ether oxygens (including phenoxy) is 1. The van der Waals surface area contributed by atoms with Crippen molar-refractivity contribution in [1.82, 2.24) is 5.32 Å². The highest BCUT2D eigenvalue weighted by Gasteiger charge is 2.32. The van der Waals surface area contributed by atoms with Gasteiger partial charge in [0, 0.05) is 23.9 Å². The Balaban J connectivity index is 0.00000216. The highest BCUT2D eigenvalue weighted by atomic mass is 19.1. The first-order valence-corrected chi connectivity index (χ1v) is 15.2. The molecule has 0 bridgehead atoms. The third-order valence-electron chi connectivity index (χ3n) is 8.54. The highest BCUT2D eigenvalue weighted by Crippen LogP contribution is 2.45. The number of halogens is 1. The second kappa shape index (κ2) is 14.1. The fraction of sp³-hybridized carbons (Fsp3) is 0.588. The van der Waals surface area contributed by atoms with E-state index in [-0.39, 0.29) is 47.5 Å². The van der Waals surface area contributed by atoms with Gasteiger partial charge in [0.1, 0.15) is 17.7 Å².